The van der Waals surface area contributed by atoms with Crippen molar-refractivity contribution in [3.63, 3.8) is 0 Å². The Morgan fingerprint density at radius 3 is 2.59 bits per heavy atom. The normalized spacial score (nSPS) is 22.9. The number of carbonyl (C=O) groups is 3. The van der Waals surface area contributed by atoms with E-state index in [0.717, 1.165) is 37.0 Å². The van der Waals surface area contributed by atoms with Crippen molar-refractivity contribution >= 4 is 23.7 Å². The van der Waals surface area contributed by atoms with Crippen LogP contribution < -0.4 is 10.6 Å². The number of urea groups is 1. The monoisotopic (exact) mass is 373 g/mol. The molecule has 8 nitrogen and oxygen atoms in total. The summed E-state index contributed by atoms with van der Waals surface area (Å²) in [6.45, 7) is -0.262. The molecular weight excluding hydrogens is 346 g/mol. The zero-order valence-corrected chi connectivity index (χ0v) is 15.6. The maximum absolute atomic E-state index is 12.8. The molecule has 4 rings (SSSR count). The Bertz CT molecular complexity index is 731. The Kier molecular flexibility index (Phi) is 4.88. The zero-order chi connectivity index (χ0) is 18.9. The molecule has 2 heterocycles. The molecule has 1 aromatic rings. The van der Waals surface area contributed by atoms with Gasteiger partial charge in [0.05, 0.1) is 12.2 Å². The third-order valence-corrected chi connectivity index (χ3v) is 6.11. The third kappa shape index (κ3) is 3.44. The van der Waals surface area contributed by atoms with Crippen LogP contribution in [0.3, 0.4) is 0 Å². The Morgan fingerprint density at radius 2 is 1.85 bits per heavy atom. The van der Waals surface area contributed by atoms with E-state index in [4.69, 9.17) is 0 Å². The number of amides is 4. The summed E-state index contributed by atoms with van der Waals surface area (Å²) in [5.74, 6) is -0.00149. The van der Waals surface area contributed by atoms with Crippen LogP contribution in [0.2, 0.25) is 0 Å². The minimum Gasteiger partial charge on any atom is -0.323 e. The van der Waals surface area contributed by atoms with Gasteiger partial charge < -0.3 is 10.6 Å². The lowest BCUT2D eigenvalue weighted by Crippen LogP contribution is -2.48. The van der Waals surface area contributed by atoms with Gasteiger partial charge in [-0.15, -0.1) is 0 Å². The van der Waals surface area contributed by atoms with Gasteiger partial charge in [-0.2, -0.15) is 5.10 Å². The van der Waals surface area contributed by atoms with Gasteiger partial charge in [0.15, 0.2) is 0 Å². The number of nitrogens with zero attached hydrogens (tertiary/aromatic N) is 3. The Balaban J connectivity index is 1.41. The topological polar surface area (TPSA) is 96.3 Å². The molecule has 2 aliphatic carbocycles. The number of hydrogen-bond donors (Lipinski definition) is 2. The van der Waals surface area contributed by atoms with Crippen molar-refractivity contribution in [2.24, 2.45) is 0 Å². The van der Waals surface area contributed by atoms with Crippen molar-refractivity contribution in [1.82, 2.24) is 20.0 Å². The van der Waals surface area contributed by atoms with Gasteiger partial charge in [0.25, 0.3) is 5.91 Å². The van der Waals surface area contributed by atoms with E-state index in [9.17, 15) is 14.4 Å². The molecule has 1 spiro atoms. The highest BCUT2D eigenvalue weighted by molar-refractivity contribution is 6.10. The molecule has 146 valence electrons. The van der Waals surface area contributed by atoms with E-state index in [2.05, 4.69) is 15.7 Å². The van der Waals surface area contributed by atoms with E-state index in [-0.39, 0.29) is 18.4 Å². The van der Waals surface area contributed by atoms with Gasteiger partial charge in [0.2, 0.25) is 5.91 Å². The fourth-order valence-electron chi connectivity index (χ4n) is 4.67. The fourth-order valence-corrected chi connectivity index (χ4v) is 4.67. The van der Waals surface area contributed by atoms with E-state index in [1.54, 1.807) is 12.3 Å². The van der Waals surface area contributed by atoms with Gasteiger partial charge >= 0.3 is 6.03 Å². The number of nitrogens with one attached hydrogen (secondary N) is 2. The lowest BCUT2D eigenvalue weighted by atomic mass is 9.82. The summed E-state index contributed by atoms with van der Waals surface area (Å²) in [5, 5.41) is 10.0. The molecule has 1 aromatic heterocycles. The third-order valence-electron chi connectivity index (χ3n) is 6.11. The number of aromatic nitrogens is 2. The standard InChI is InChI=1S/C19H27N5O3/c25-16(21-15-9-12-20-24(15)14-7-3-1-4-8-14)13-23-17(26)19(22-18(23)27)10-5-2-6-11-19/h9,12,14H,1-8,10-11,13H2,(H,21,25)(H,22,27). The quantitative estimate of drug-likeness (QED) is 0.793. The average molecular weight is 373 g/mol. The summed E-state index contributed by atoms with van der Waals surface area (Å²) in [7, 11) is 0. The maximum Gasteiger partial charge on any atom is 0.325 e. The fraction of sp³-hybridized carbons (Fsp3) is 0.684. The van der Waals surface area contributed by atoms with Crippen LogP contribution >= 0.6 is 0 Å². The van der Waals surface area contributed by atoms with Gasteiger partial charge in [0, 0.05) is 6.07 Å². The van der Waals surface area contributed by atoms with E-state index in [1.807, 2.05) is 4.68 Å². The van der Waals surface area contributed by atoms with Crippen LogP contribution in [0, 0.1) is 0 Å². The summed E-state index contributed by atoms with van der Waals surface area (Å²) in [4.78, 5) is 38.7. The van der Waals surface area contributed by atoms with Crippen LogP contribution in [0.25, 0.3) is 0 Å². The molecule has 27 heavy (non-hydrogen) atoms. The Labute approximate surface area is 158 Å². The van der Waals surface area contributed by atoms with Crippen molar-refractivity contribution in [1.29, 1.82) is 0 Å². The van der Waals surface area contributed by atoms with Crippen molar-refractivity contribution < 1.29 is 14.4 Å². The first kappa shape index (κ1) is 18.0. The van der Waals surface area contributed by atoms with Crippen LogP contribution in [-0.2, 0) is 9.59 Å². The number of imide groups is 1. The second-order valence-electron chi connectivity index (χ2n) is 7.97. The van der Waals surface area contributed by atoms with Gasteiger partial charge in [-0.3, -0.25) is 14.5 Å². The predicted octanol–water partition coefficient (Wildman–Crippen LogP) is 2.58. The molecule has 1 saturated heterocycles. The second kappa shape index (κ2) is 7.32. The van der Waals surface area contributed by atoms with Gasteiger partial charge in [-0.1, -0.05) is 38.5 Å². The van der Waals surface area contributed by atoms with Gasteiger partial charge in [-0.25, -0.2) is 9.48 Å². The summed E-state index contributed by atoms with van der Waals surface area (Å²) in [5.41, 5.74) is -0.792. The minimum atomic E-state index is -0.792. The van der Waals surface area contributed by atoms with E-state index >= 15 is 0 Å². The molecular formula is C19H27N5O3. The molecule has 0 atom stereocenters. The second-order valence-corrected chi connectivity index (χ2v) is 7.97. The number of rotatable bonds is 4. The lowest BCUT2D eigenvalue weighted by molar-refractivity contribution is -0.134. The molecule has 3 aliphatic rings. The largest absolute Gasteiger partial charge is 0.325 e. The summed E-state index contributed by atoms with van der Waals surface area (Å²) in [6, 6.07) is 1.60. The van der Waals surface area contributed by atoms with E-state index < -0.39 is 11.6 Å². The maximum atomic E-state index is 12.8. The van der Waals surface area contributed by atoms with Crippen LogP contribution in [0.5, 0.6) is 0 Å². The van der Waals surface area contributed by atoms with E-state index in [0.29, 0.717) is 24.7 Å². The van der Waals surface area contributed by atoms with Crippen molar-refractivity contribution in [2.45, 2.75) is 75.8 Å². The molecule has 2 N–H and O–H groups in total. The molecule has 1 aliphatic heterocycles. The Hall–Kier alpha value is -2.38. The molecule has 0 aromatic carbocycles. The van der Waals surface area contributed by atoms with Crippen LogP contribution in [0.15, 0.2) is 12.3 Å². The van der Waals surface area contributed by atoms with E-state index in [1.165, 1.54) is 19.3 Å². The first-order valence-corrected chi connectivity index (χ1v) is 10.1. The number of hydrogen-bond acceptors (Lipinski definition) is 4. The van der Waals surface area contributed by atoms with Gasteiger partial charge in [-0.05, 0) is 25.7 Å². The highest BCUT2D eigenvalue weighted by atomic mass is 16.2. The van der Waals surface area contributed by atoms with Crippen molar-refractivity contribution in [2.75, 3.05) is 11.9 Å². The highest BCUT2D eigenvalue weighted by Gasteiger charge is 2.51. The first-order chi connectivity index (χ1) is 13.1. The zero-order valence-electron chi connectivity index (χ0n) is 15.6. The molecule has 3 fully saturated rings. The van der Waals surface area contributed by atoms with Crippen LogP contribution in [0.1, 0.15) is 70.3 Å². The molecule has 0 unspecified atom stereocenters. The smallest absolute Gasteiger partial charge is 0.323 e. The number of anilines is 1. The summed E-state index contributed by atoms with van der Waals surface area (Å²) in [6.07, 6.45) is 11.6. The molecule has 0 radical (unpaired) electrons. The van der Waals surface area contributed by atoms with Crippen molar-refractivity contribution in [3.05, 3.63) is 12.3 Å². The highest BCUT2D eigenvalue weighted by Crippen LogP contribution is 2.34. The van der Waals surface area contributed by atoms with Gasteiger partial charge in [0.1, 0.15) is 17.9 Å². The first-order valence-electron chi connectivity index (χ1n) is 10.1. The molecule has 8 heteroatoms. The van der Waals surface area contributed by atoms with Crippen LogP contribution in [-0.4, -0.2) is 44.6 Å². The summed E-state index contributed by atoms with van der Waals surface area (Å²) < 4.78 is 1.87. The summed E-state index contributed by atoms with van der Waals surface area (Å²) >= 11 is 0. The minimum absolute atomic E-state index is 0.261. The molecule has 2 saturated carbocycles. The predicted molar refractivity (Wildman–Crippen MR) is 99.0 cm³/mol. The molecule has 4 amide bonds. The lowest BCUT2D eigenvalue weighted by Gasteiger charge is -2.30. The SMILES string of the molecule is O=C(CN1C(=O)NC2(CCCCC2)C1=O)Nc1ccnn1C1CCCCC1. The van der Waals surface area contributed by atoms with Crippen LogP contribution in [0.4, 0.5) is 10.6 Å². The number of carbonyl (C=O) groups excluding carboxylic acids is 3. The Morgan fingerprint density at radius 1 is 1.15 bits per heavy atom. The molecule has 0 bridgehead atoms. The average Bonchev–Trinajstić information content (AvgIpc) is 3.22. The van der Waals surface area contributed by atoms with Crippen molar-refractivity contribution in [3.8, 4) is 0 Å².